The molecule has 0 aliphatic carbocycles. The first-order chi connectivity index (χ1) is 18.9. The Labute approximate surface area is 235 Å². The lowest BCUT2D eigenvalue weighted by Gasteiger charge is -2.17. The van der Waals surface area contributed by atoms with E-state index in [0.717, 1.165) is 36.0 Å². The van der Waals surface area contributed by atoms with Gasteiger partial charge in [-0.3, -0.25) is 9.59 Å². The van der Waals surface area contributed by atoms with E-state index in [4.69, 9.17) is 0 Å². The van der Waals surface area contributed by atoms with E-state index in [1.165, 1.54) is 38.5 Å². The normalized spacial score (nSPS) is 12.0. The van der Waals surface area contributed by atoms with Gasteiger partial charge < -0.3 is 5.11 Å². The Kier molecular flexibility index (Phi) is 12.6. The number of Topliss-reactive ketones (excluding diaryl/α,β-unsaturated/α-hetero) is 2. The zero-order valence-electron chi connectivity index (χ0n) is 24.1. The highest BCUT2D eigenvalue weighted by molar-refractivity contribution is 5.99. The Morgan fingerprint density at radius 3 is 1.56 bits per heavy atom. The topological polar surface area (TPSA) is 58.2 Å². The predicted molar refractivity (Wildman–Crippen MR) is 158 cm³/mol. The standard InChI is InChI=1S/C35H46NO3/c1-4-5-6-7-8-9-10-11-12-35(39)36-23-21-29(22-24-36)32(25-33(37)30-17-13-27(2)14-18-30)26-34(38)31-19-15-28(3)16-20-31/h13-24,32,35,39H,4-12,25-26H2,1-3H3/q+1. The van der Waals surface area contributed by atoms with Crippen molar-refractivity contribution >= 4 is 11.6 Å². The van der Waals surface area contributed by atoms with E-state index in [1.54, 1.807) is 0 Å². The maximum atomic E-state index is 13.2. The first-order valence-corrected chi connectivity index (χ1v) is 14.8. The summed E-state index contributed by atoms with van der Waals surface area (Å²) >= 11 is 0. The Hall–Kier alpha value is -3.11. The second-order valence-electron chi connectivity index (χ2n) is 11.0. The molecule has 0 saturated heterocycles. The molecule has 0 radical (unpaired) electrons. The maximum absolute atomic E-state index is 13.2. The van der Waals surface area contributed by atoms with Gasteiger partial charge in [-0.05, 0) is 31.7 Å². The van der Waals surface area contributed by atoms with Crippen LogP contribution >= 0.6 is 0 Å². The van der Waals surface area contributed by atoms with E-state index in [-0.39, 0.29) is 30.3 Å². The van der Waals surface area contributed by atoms with Crippen LogP contribution in [0.15, 0.2) is 73.1 Å². The van der Waals surface area contributed by atoms with Crippen LogP contribution in [0.5, 0.6) is 0 Å². The number of rotatable bonds is 17. The van der Waals surface area contributed by atoms with Crippen LogP contribution in [-0.4, -0.2) is 16.7 Å². The van der Waals surface area contributed by atoms with Crippen molar-refractivity contribution in [1.29, 1.82) is 0 Å². The molecule has 0 aliphatic rings. The van der Waals surface area contributed by atoms with Crippen molar-refractivity contribution in [2.75, 3.05) is 0 Å². The van der Waals surface area contributed by atoms with Crippen molar-refractivity contribution in [3.63, 3.8) is 0 Å². The molecule has 1 heterocycles. The molecular weight excluding hydrogens is 482 g/mol. The summed E-state index contributed by atoms with van der Waals surface area (Å²) < 4.78 is 1.82. The number of carbonyl (C=O) groups is 2. The van der Waals surface area contributed by atoms with Crippen LogP contribution in [0.4, 0.5) is 0 Å². The first-order valence-electron chi connectivity index (χ1n) is 14.8. The zero-order chi connectivity index (χ0) is 28.0. The smallest absolute Gasteiger partial charge is 0.259 e. The summed E-state index contributed by atoms with van der Waals surface area (Å²) in [6.45, 7) is 6.24. The molecule has 1 aromatic heterocycles. The molecule has 0 aliphatic heterocycles. The van der Waals surface area contributed by atoms with Gasteiger partial charge in [0.2, 0.25) is 0 Å². The van der Waals surface area contributed by atoms with Gasteiger partial charge in [0.15, 0.2) is 24.0 Å². The number of pyridine rings is 1. The quantitative estimate of drug-likeness (QED) is 0.109. The Morgan fingerprint density at radius 1 is 0.667 bits per heavy atom. The van der Waals surface area contributed by atoms with Crippen molar-refractivity contribution in [1.82, 2.24) is 0 Å². The van der Waals surface area contributed by atoms with Crippen molar-refractivity contribution in [3.8, 4) is 0 Å². The summed E-state index contributed by atoms with van der Waals surface area (Å²) in [6.07, 6.45) is 14.3. The fourth-order valence-corrected chi connectivity index (χ4v) is 5.00. The molecule has 0 bridgehead atoms. The number of carbonyl (C=O) groups excluding carboxylic acids is 2. The molecule has 39 heavy (non-hydrogen) atoms. The third kappa shape index (κ3) is 10.2. The molecule has 0 spiro atoms. The van der Waals surface area contributed by atoms with Crippen LogP contribution in [0.1, 0.15) is 127 Å². The SMILES string of the molecule is CCCCCCCCCCC(O)[n+]1ccc(C(CC(=O)c2ccc(C)cc2)CC(=O)c2ccc(C)cc2)cc1. The first kappa shape index (κ1) is 30.4. The Bertz CT molecular complexity index is 1090. The monoisotopic (exact) mass is 528 g/mol. The third-order valence-electron chi connectivity index (χ3n) is 7.62. The minimum Gasteiger partial charge on any atom is -0.337 e. The largest absolute Gasteiger partial charge is 0.337 e. The van der Waals surface area contributed by atoms with Crippen LogP contribution in [-0.2, 0) is 0 Å². The highest BCUT2D eigenvalue weighted by Crippen LogP contribution is 2.27. The van der Waals surface area contributed by atoms with Crippen LogP contribution in [0.2, 0.25) is 0 Å². The summed E-state index contributed by atoms with van der Waals surface area (Å²) in [5, 5.41) is 10.7. The summed E-state index contributed by atoms with van der Waals surface area (Å²) in [7, 11) is 0. The van der Waals surface area contributed by atoms with Gasteiger partial charge in [-0.1, -0.05) is 112 Å². The molecule has 0 fully saturated rings. The van der Waals surface area contributed by atoms with Crippen molar-refractivity contribution in [2.45, 2.75) is 104 Å². The fraction of sp³-hybridized carbons (Fsp3) is 0.457. The summed E-state index contributed by atoms with van der Waals surface area (Å²) in [5.41, 5.74) is 4.48. The van der Waals surface area contributed by atoms with Gasteiger partial charge in [0.1, 0.15) is 0 Å². The predicted octanol–water partition coefficient (Wildman–Crippen LogP) is 8.24. The molecule has 3 aromatic rings. The molecule has 1 atom stereocenters. The molecule has 0 amide bonds. The minimum atomic E-state index is -0.569. The Morgan fingerprint density at radius 2 is 1.10 bits per heavy atom. The third-order valence-corrected chi connectivity index (χ3v) is 7.62. The van der Waals surface area contributed by atoms with Crippen molar-refractivity contribution < 1.29 is 19.3 Å². The van der Waals surface area contributed by atoms with Crippen molar-refractivity contribution in [2.24, 2.45) is 0 Å². The lowest BCUT2D eigenvalue weighted by molar-refractivity contribution is -0.760. The van der Waals surface area contributed by atoms with Crippen molar-refractivity contribution in [3.05, 3.63) is 101 Å². The summed E-state index contributed by atoms with van der Waals surface area (Å²) in [4.78, 5) is 26.3. The van der Waals surface area contributed by atoms with Gasteiger partial charge in [-0.15, -0.1) is 0 Å². The molecule has 208 valence electrons. The average Bonchev–Trinajstić information content (AvgIpc) is 2.94. The summed E-state index contributed by atoms with van der Waals surface area (Å²) in [6, 6.07) is 19.1. The number of ketones is 2. The number of aliphatic hydroxyl groups excluding tert-OH is 1. The number of hydrogen-bond acceptors (Lipinski definition) is 3. The second kappa shape index (κ2) is 16.1. The number of nitrogens with zero attached hydrogens (tertiary/aromatic N) is 1. The van der Waals surface area contributed by atoms with E-state index in [9.17, 15) is 14.7 Å². The molecule has 2 aromatic carbocycles. The van der Waals surface area contributed by atoms with Gasteiger partial charge in [-0.25, -0.2) is 0 Å². The zero-order valence-corrected chi connectivity index (χ0v) is 24.1. The van der Waals surface area contributed by atoms with Gasteiger partial charge in [0, 0.05) is 42.5 Å². The van der Waals surface area contributed by atoms with Gasteiger partial charge >= 0.3 is 0 Å². The molecule has 4 heteroatoms. The molecule has 1 unspecified atom stereocenters. The average molecular weight is 529 g/mol. The lowest BCUT2D eigenvalue weighted by Crippen LogP contribution is -2.38. The second-order valence-corrected chi connectivity index (χ2v) is 11.0. The number of aliphatic hydroxyl groups is 1. The van der Waals surface area contributed by atoms with Gasteiger partial charge in [-0.2, -0.15) is 4.57 Å². The molecule has 3 rings (SSSR count). The number of unbranched alkanes of at least 4 members (excludes halogenated alkanes) is 7. The number of hydrogen-bond donors (Lipinski definition) is 1. The van der Waals surface area contributed by atoms with Gasteiger partial charge in [0.05, 0.1) is 0 Å². The van der Waals surface area contributed by atoms with E-state index in [0.29, 0.717) is 11.1 Å². The molecular formula is C35H46NO3+. The number of aromatic nitrogens is 1. The summed E-state index contributed by atoms with van der Waals surface area (Å²) in [5.74, 6) is -0.182. The fourth-order valence-electron chi connectivity index (χ4n) is 5.00. The van der Waals surface area contributed by atoms with E-state index in [1.807, 2.05) is 91.5 Å². The highest BCUT2D eigenvalue weighted by Gasteiger charge is 2.23. The van der Waals surface area contributed by atoms with E-state index >= 15 is 0 Å². The number of aryl methyl sites for hydroxylation is 2. The minimum absolute atomic E-state index is 0.0307. The maximum Gasteiger partial charge on any atom is 0.259 e. The Balaban J connectivity index is 1.64. The molecule has 0 saturated carbocycles. The number of benzene rings is 2. The van der Waals surface area contributed by atoms with Crippen LogP contribution in [0.3, 0.4) is 0 Å². The van der Waals surface area contributed by atoms with Gasteiger partial charge in [0.25, 0.3) is 6.23 Å². The molecule has 1 N–H and O–H groups in total. The van der Waals surface area contributed by atoms with Crippen LogP contribution < -0.4 is 4.57 Å². The molecule has 4 nitrogen and oxygen atoms in total. The lowest BCUT2D eigenvalue weighted by atomic mass is 9.86. The van der Waals surface area contributed by atoms with Crippen LogP contribution in [0.25, 0.3) is 0 Å². The van der Waals surface area contributed by atoms with E-state index in [2.05, 4.69) is 6.92 Å². The highest BCUT2D eigenvalue weighted by atomic mass is 16.3. The van der Waals surface area contributed by atoms with Crippen LogP contribution in [0, 0.1) is 13.8 Å². The van der Waals surface area contributed by atoms with E-state index < -0.39 is 6.23 Å².